The average Bonchev–Trinajstić information content (AvgIpc) is 3.16. The maximum absolute atomic E-state index is 11.7. The number of hydrogen-bond acceptors (Lipinski definition) is 5. The first kappa shape index (κ1) is 13.2. The summed E-state index contributed by atoms with van der Waals surface area (Å²) in [5.41, 5.74) is 1.47. The Morgan fingerprint density at radius 1 is 1.19 bits per heavy atom. The Morgan fingerprint density at radius 3 is 2.71 bits per heavy atom. The van der Waals surface area contributed by atoms with Gasteiger partial charge in [0.2, 0.25) is 11.7 Å². The molecule has 0 radical (unpaired) electrons. The van der Waals surface area contributed by atoms with Crippen LogP contribution in [-0.4, -0.2) is 11.0 Å². The first-order chi connectivity index (χ1) is 10.2. The number of ether oxygens (including phenoxy) is 1. The van der Waals surface area contributed by atoms with Crippen molar-refractivity contribution in [3.8, 4) is 11.5 Å². The number of oxazole rings is 1. The molecule has 2 aromatic heterocycles. The third-order valence-electron chi connectivity index (χ3n) is 2.98. The van der Waals surface area contributed by atoms with Gasteiger partial charge in [-0.25, -0.2) is 9.78 Å². The summed E-state index contributed by atoms with van der Waals surface area (Å²) in [6, 6.07) is 12.7. The van der Waals surface area contributed by atoms with Crippen LogP contribution in [0.3, 0.4) is 0 Å². The van der Waals surface area contributed by atoms with Crippen molar-refractivity contribution < 1.29 is 18.4 Å². The molecule has 0 atom stereocenters. The van der Waals surface area contributed by atoms with Gasteiger partial charge in [0.1, 0.15) is 18.1 Å². The highest BCUT2D eigenvalue weighted by molar-refractivity contribution is 5.86. The molecule has 0 bridgehead atoms. The van der Waals surface area contributed by atoms with E-state index in [0.29, 0.717) is 17.3 Å². The van der Waals surface area contributed by atoms with E-state index in [4.69, 9.17) is 13.6 Å². The van der Waals surface area contributed by atoms with Gasteiger partial charge in [-0.3, -0.25) is 0 Å². The standard InChI is InChI=1S/C16H13NO4/c1-11-13(10-20-16(18)14-8-5-9-19-14)17-15(21-11)12-6-3-2-4-7-12/h2-9H,10H2,1H3. The van der Waals surface area contributed by atoms with E-state index in [2.05, 4.69) is 4.98 Å². The summed E-state index contributed by atoms with van der Waals surface area (Å²) in [4.78, 5) is 16.1. The van der Waals surface area contributed by atoms with E-state index in [9.17, 15) is 4.79 Å². The molecule has 5 heteroatoms. The Kier molecular flexibility index (Phi) is 3.55. The van der Waals surface area contributed by atoms with Crippen LogP contribution >= 0.6 is 0 Å². The van der Waals surface area contributed by atoms with Crippen molar-refractivity contribution in [2.45, 2.75) is 13.5 Å². The molecule has 0 saturated carbocycles. The number of aromatic nitrogens is 1. The Morgan fingerprint density at radius 2 is 2.00 bits per heavy atom. The largest absolute Gasteiger partial charge is 0.457 e. The summed E-state index contributed by atoms with van der Waals surface area (Å²) in [5, 5.41) is 0. The highest BCUT2D eigenvalue weighted by atomic mass is 16.5. The molecule has 0 N–H and O–H groups in total. The van der Waals surface area contributed by atoms with Crippen LogP contribution in [-0.2, 0) is 11.3 Å². The number of rotatable bonds is 4. The molecule has 106 valence electrons. The van der Waals surface area contributed by atoms with Crippen molar-refractivity contribution in [1.29, 1.82) is 0 Å². The molecule has 0 amide bonds. The molecule has 0 aliphatic rings. The first-order valence-electron chi connectivity index (χ1n) is 6.46. The molecule has 0 spiro atoms. The average molecular weight is 283 g/mol. The third kappa shape index (κ3) is 2.86. The molecule has 0 aliphatic carbocycles. The molecule has 5 nitrogen and oxygen atoms in total. The van der Waals surface area contributed by atoms with E-state index in [1.807, 2.05) is 30.3 Å². The Balaban J connectivity index is 1.72. The van der Waals surface area contributed by atoms with Gasteiger partial charge in [-0.05, 0) is 31.2 Å². The quantitative estimate of drug-likeness (QED) is 0.684. The lowest BCUT2D eigenvalue weighted by atomic mass is 10.2. The smallest absolute Gasteiger partial charge is 0.374 e. The van der Waals surface area contributed by atoms with Crippen LogP contribution in [0.5, 0.6) is 0 Å². The summed E-state index contributed by atoms with van der Waals surface area (Å²) in [5.74, 6) is 0.779. The molecule has 0 saturated heterocycles. The van der Waals surface area contributed by atoms with Crippen LogP contribution in [0.4, 0.5) is 0 Å². The first-order valence-corrected chi connectivity index (χ1v) is 6.46. The molecule has 2 heterocycles. The molecule has 0 unspecified atom stereocenters. The van der Waals surface area contributed by atoms with Gasteiger partial charge in [0.25, 0.3) is 0 Å². The highest BCUT2D eigenvalue weighted by Crippen LogP contribution is 2.22. The number of carbonyl (C=O) groups is 1. The zero-order chi connectivity index (χ0) is 14.7. The lowest BCUT2D eigenvalue weighted by Crippen LogP contribution is -2.04. The number of hydrogen-bond donors (Lipinski definition) is 0. The zero-order valence-electron chi connectivity index (χ0n) is 11.4. The Labute approximate surface area is 121 Å². The second kappa shape index (κ2) is 5.66. The second-order valence-electron chi connectivity index (χ2n) is 4.44. The van der Waals surface area contributed by atoms with Gasteiger partial charge in [0.05, 0.1) is 6.26 Å². The number of esters is 1. The summed E-state index contributed by atoms with van der Waals surface area (Å²) >= 11 is 0. The minimum atomic E-state index is -0.524. The van der Waals surface area contributed by atoms with E-state index in [-0.39, 0.29) is 12.4 Å². The topological polar surface area (TPSA) is 65.5 Å². The molecule has 21 heavy (non-hydrogen) atoms. The molecule has 3 rings (SSSR count). The van der Waals surface area contributed by atoms with Crippen molar-refractivity contribution in [3.05, 3.63) is 65.9 Å². The predicted octanol–water partition coefficient (Wildman–Crippen LogP) is 3.60. The van der Waals surface area contributed by atoms with Crippen LogP contribution in [0.2, 0.25) is 0 Å². The molecular weight excluding hydrogens is 270 g/mol. The number of nitrogens with zero attached hydrogens (tertiary/aromatic N) is 1. The fourth-order valence-electron chi connectivity index (χ4n) is 1.87. The van der Waals surface area contributed by atoms with Crippen LogP contribution in [0, 0.1) is 6.92 Å². The SMILES string of the molecule is Cc1oc(-c2ccccc2)nc1COC(=O)c1ccco1. The molecule has 3 aromatic rings. The molecule has 0 aliphatic heterocycles. The zero-order valence-corrected chi connectivity index (χ0v) is 11.4. The molecule has 1 aromatic carbocycles. The van der Waals surface area contributed by atoms with Crippen LogP contribution < -0.4 is 0 Å². The predicted molar refractivity (Wildman–Crippen MR) is 74.5 cm³/mol. The van der Waals surface area contributed by atoms with E-state index in [0.717, 1.165) is 5.56 Å². The maximum Gasteiger partial charge on any atom is 0.374 e. The van der Waals surface area contributed by atoms with Gasteiger partial charge in [-0.2, -0.15) is 0 Å². The monoisotopic (exact) mass is 283 g/mol. The normalized spacial score (nSPS) is 10.5. The van der Waals surface area contributed by atoms with Crippen molar-refractivity contribution in [2.24, 2.45) is 0 Å². The van der Waals surface area contributed by atoms with Crippen LogP contribution in [0.25, 0.3) is 11.5 Å². The van der Waals surface area contributed by atoms with Gasteiger partial charge >= 0.3 is 5.97 Å². The van der Waals surface area contributed by atoms with E-state index in [1.165, 1.54) is 6.26 Å². The fourth-order valence-corrected chi connectivity index (χ4v) is 1.87. The lowest BCUT2D eigenvalue weighted by molar-refractivity contribution is 0.0430. The van der Waals surface area contributed by atoms with Gasteiger partial charge in [0, 0.05) is 5.56 Å². The van der Waals surface area contributed by atoms with E-state index in [1.54, 1.807) is 19.1 Å². The summed E-state index contributed by atoms with van der Waals surface area (Å²) in [6.07, 6.45) is 1.42. The number of aryl methyl sites for hydroxylation is 1. The number of carbonyl (C=O) groups excluding carboxylic acids is 1. The summed E-state index contributed by atoms with van der Waals surface area (Å²) in [6.45, 7) is 1.83. The second-order valence-corrected chi connectivity index (χ2v) is 4.44. The van der Waals surface area contributed by atoms with E-state index < -0.39 is 5.97 Å². The van der Waals surface area contributed by atoms with Gasteiger partial charge in [-0.1, -0.05) is 18.2 Å². The molecule has 0 fully saturated rings. The van der Waals surface area contributed by atoms with Crippen molar-refractivity contribution >= 4 is 5.97 Å². The maximum atomic E-state index is 11.7. The minimum Gasteiger partial charge on any atom is -0.457 e. The van der Waals surface area contributed by atoms with Gasteiger partial charge in [-0.15, -0.1) is 0 Å². The summed E-state index contributed by atoms with van der Waals surface area (Å²) < 4.78 is 15.7. The number of furan rings is 1. The van der Waals surface area contributed by atoms with Crippen molar-refractivity contribution in [3.63, 3.8) is 0 Å². The molecular formula is C16H13NO4. The van der Waals surface area contributed by atoms with Crippen molar-refractivity contribution in [1.82, 2.24) is 4.98 Å². The van der Waals surface area contributed by atoms with E-state index >= 15 is 0 Å². The van der Waals surface area contributed by atoms with Gasteiger partial charge in [0.15, 0.2) is 0 Å². The minimum absolute atomic E-state index is 0.0434. The number of benzene rings is 1. The third-order valence-corrected chi connectivity index (χ3v) is 2.98. The highest BCUT2D eigenvalue weighted by Gasteiger charge is 2.15. The summed E-state index contributed by atoms with van der Waals surface area (Å²) in [7, 11) is 0. The van der Waals surface area contributed by atoms with Crippen LogP contribution in [0.1, 0.15) is 22.0 Å². The Bertz CT molecular complexity index is 729. The Hall–Kier alpha value is -2.82. The van der Waals surface area contributed by atoms with Gasteiger partial charge < -0.3 is 13.6 Å². The van der Waals surface area contributed by atoms with Crippen molar-refractivity contribution in [2.75, 3.05) is 0 Å². The van der Waals surface area contributed by atoms with Crippen LogP contribution in [0.15, 0.2) is 57.6 Å². The fraction of sp³-hybridized carbons (Fsp3) is 0.125. The lowest BCUT2D eigenvalue weighted by Gasteiger charge is -1.99.